The third kappa shape index (κ3) is 3.12. The third-order valence-electron chi connectivity index (χ3n) is 3.21. The Morgan fingerprint density at radius 2 is 1.62 bits per heavy atom. The van der Waals surface area contributed by atoms with Crippen molar-refractivity contribution in [2.45, 2.75) is 30.4 Å². The molecule has 0 radical (unpaired) electrons. The maximum atomic E-state index is 12.9. The van der Waals surface area contributed by atoms with Crippen molar-refractivity contribution in [1.29, 1.82) is 0 Å². The molecule has 5 heteroatoms. The lowest BCUT2D eigenvalue weighted by Crippen LogP contribution is -2.28. The molecule has 0 aliphatic carbocycles. The zero-order chi connectivity index (χ0) is 15.8. The molecule has 2 rings (SSSR count). The molecule has 0 unspecified atom stereocenters. The monoisotopic (exact) mass is 434 g/mol. The summed E-state index contributed by atoms with van der Waals surface area (Å²) in [5.41, 5.74) is 1.42. The van der Waals surface area contributed by atoms with Crippen LogP contribution >= 0.6 is 34.2 Å². The molecule has 0 spiro atoms. The Balaban J connectivity index is 2.84. The summed E-state index contributed by atoms with van der Waals surface area (Å²) < 4.78 is 25.8. The zero-order valence-electron chi connectivity index (χ0n) is 12.0. The van der Waals surface area contributed by atoms with Gasteiger partial charge in [-0.1, -0.05) is 35.9 Å². The first-order valence-electron chi connectivity index (χ1n) is 6.44. The largest absolute Gasteiger partial charge is 0.223 e. The maximum absolute atomic E-state index is 12.9. The lowest BCUT2D eigenvalue weighted by molar-refractivity contribution is 0.560. The van der Waals surface area contributed by atoms with Crippen molar-refractivity contribution >= 4 is 44.0 Å². The average Bonchev–Trinajstić information content (AvgIpc) is 2.38. The molecule has 2 aromatic rings. The van der Waals surface area contributed by atoms with E-state index < -0.39 is 14.6 Å². The highest BCUT2D eigenvalue weighted by Gasteiger charge is 2.33. The molecule has 112 valence electrons. The fourth-order valence-electron chi connectivity index (χ4n) is 1.98. The standard InChI is InChI=1S/C16H16ClIO2S/c1-16(2,3)21(19,20)14-10-6-8-12(17)15(14)11-7-4-5-9-13(11)18/h4-10H,1-3H3. The lowest BCUT2D eigenvalue weighted by Gasteiger charge is -2.22. The van der Waals surface area contributed by atoms with Crippen LogP contribution in [-0.4, -0.2) is 13.2 Å². The second-order valence-corrected chi connectivity index (χ2v) is 9.95. The van der Waals surface area contributed by atoms with Crippen LogP contribution in [0.25, 0.3) is 11.1 Å². The second-order valence-electron chi connectivity index (χ2n) is 5.71. The molecule has 21 heavy (non-hydrogen) atoms. The minimum Gasteiger partial charge on any atom is -0.223 e. The van der Waals surface area contributed by atoms with Crippen LogP contribution in [-0.2, 0) is 9.84 Å². The highest BCUT2D eigenvalue weighted by Crippen LogP contribution is 2.39. The fraction of sp³-hybridized carbons (Fsp3) is 0.250. The van der Waals surface area contributed by atoms with Crippen molar-refractivity contribution in [2.24, 2.45) is 0 Å². The Bertz CT molecular complexity index is 777. The second kappa shape index (κ2) is 5.89. The van der Waals surface area contributed by atoms with Gasteiger partial charge in [-0.2, -0.15) is 0 Å². The molecular weight excluding hydrogens is 419 g/mol. The van der Waals surface area contributed by atoms with Crippen molar-refractivity contribution in [1.82, 2.24) is 0 Å². The lowest BCUT2D eigenvalue weighted by atomic mass is 10.1. The summed E-state index contributed by atoms with van der Waals surface area (Å²) in [7, 11) is -3.48. The molecule has 0 amide bonds. The van der Waals surface area contributed by atoms with E-state index in [2.05, 4.69) is 22.6 Å². The number of benzene rings is 2. The molecule has 0 fully saturated rings. The van der Waals surface area contributed by atoms with Crippen molar-refractivity contribution in [3.05, 3.63) is 51.1 Å². The van der Waals surface area contributed by atoms with Gasteiger partial charge >= 0.3 is 0 Å². The van der Waals surface area contributed by atoms with Crippen LogP contribution in [0.15, 0.2) is 47.4 Å². The van der Waals surface area contributed by atoms with Crippen LogP contribution in [0.4, 0.5) is 0 Å². The molecule has 0 saturated heterocycles. The topological polar surface area (TPSA) is 34.1 Å². The zero-order valence-corrected chi connectivity index (χ0v) is 15.8. The van der Waals surface area contributed by atoms with E-state index in [1.807, 2.05) is 24.3 Å². The summed E-state index contributed by atoms with van der Waals surface area (Å²) >= 11 is 8.52. The van der Waals surface area contributed by atoms with Gasteiger partial charge in [0.05, 0.1) is 9.64 Å². The predicted octanol–water partition coefficient (Wildman–Crippen LogP) is 5.18. The van der Waals surface area contributed by atoms with Gasteiger partial charge in [-0.05, 0) is 67.1 Å². The molecule has 0 bridgehead atoms. The van der Waals surface area contributed by atoms with Gasteiger partial charge in [-0.3, -0.25) is 0 Å². The summed E-state index contributed by atoms with van der Waals surface area (Å²) in [6, 6.07) is 12.7. The first-order chi connectivity index (χ1) is 9.66. The first kappa shape index (κ1) is 16.8. The van der Waals surface area contributed by atoms with Gasteiger partial charge in [0.2, 0.25) is 0 Å². The average molecular weight is 435 g/mol. The molecule has 2 nitrogen and oxygen atoms in total. The van der Waals surface area contributed by atoms with Gasteiger partial charge in [0.1, 0.15) is 0 Å². The van der Waals surface area contributed by atoms with E-state index in [1.54, 1.807) is 39.0 Å². The van der Waals surface area contributed by atoms with Crippen LogP contribution in [0.2, 0.25) is 5.02 Å². The molecule has 0 heterocycles. The minimum atomic E-state index is -3.48. The Morgan fingerprint density at radius 1 is 1.00 bits per heavy atom. The van der Waals surface area contributed by atoms with Crippen molar-refractivity contribution in [3.8, 4) is 11.1 Å². The van der Waals surface area contributed by atoms with E-state index in [9.17, 15) is 8.42 Å². The molecule has 0 saturated carbocycles. The highest BCUT2D eigenvalue weighted by atomic mass is 127. The van der Waals surface area contributed by atoms with E-state index >= 15 is 0 Å². The first-order valence-corrected chi connectivity index (χ1v) is 9.38. The van der Waals surface area contributed by atoms with Gasteiger partial charge in [0.15, 0.2) is 9.84 Å². The normalized spacial score (nSPS) is 12.4. The number of hydrogen-bond acceptors (Lipinski definition) is 2. The SMILES string of the molecule is CC(C)(C)S(=O)(=O)c1cccc(Cl)c1-c1ccccc1I. The Labute approximate surface area is 144 Å². The van der Waals surface area contributed by atoms with E-state index in [1.165, 1.54) is 0 Å². The van der Waals surface area contributed by atoms with Crippen LogP contribution in [0.1, 0.15) is 20.8 Å². The number of sulfone groups is 1. The van der Waals surface area contributed by atoms with Gasteiger partial charge in [-0.25, -0.2) is 8.42 Å². The molecule has 0 aliphatic heterocycles. The van der Waals surface area contributed by atoms with E-state index in [-0.39, 0.29) is 4.90 Å². The Morgan fingerprint density at radius 3 is 2.19 bits per heavy atom. The quantitative estimate of drug-likeness (QED) is 0.610. The number of rotatable bonds is 2. The Kier molecular flexibility index (Phi) is 4.71. The van der Waals surface area contributed by atoms with Crippen molar-refractivity contribution < 1.29 is 8.42 Å². The summed E-state index contributed by atoms with van der Waals surface area (Å²) in [4.78, 5) is 0.284. The smallest absolute Gasteiger partial charge is 0.183 e. The molecule has 0 aliphatic rings. The summed E-state index contributed by atoms with van der Waals surface area (Å²) in [5, 5.41) is 0.449. The predicted molar refractivity (Wildman–Crippen MR) is 96.5 cm³/mol. The van der Waals surface area contributed by atoms with Crippen LogP contribution in [0.3, 0.4) is 0 Å². The molecule has 2 aromatic carbocycles. The van der Waals surface area contributed by atoms with Gasteiger partial charge in [-0.15, -0.1) is 0 Å². The Hall–Kier alpha value is -0.590. The van der Waals surface area contributed by atoms with E-state index in [4.69, 9.17) is 11.6 Å². The third-order valence-corrected chi connectivity index (χ3v) is 7.00. The van der Waals surface area contributed by atoms with Gasteiger partial charge in [0, 0.05) is 14.2 Å². The van der Waals surface area contributed by atoms with Crippen LogP contribution in [0, 0.1) is 3.57 Å². The minimum absolute atomic E-state index is 0.284. The van der Waals surface area contributed by atoms with Gasteiger partial charge in [0.25, 0.3) is 0 Å². The number of hydrogen-bond donors (Lipinski definition) is 0. The van der Waals surface area contributed by atoms with Crippen molar-refractivity contribution in [2.75, 3.05) is 0 Å². The highest BCUT2D eigenvalue weighted by molar-refractivity contribution is 14.1. The molecule has 0 atom stereocenters. The van der Waals surface area contributed by atoms with Gasteiger partial charge < -0.3 is 0 Å². The summed E-state index contributed by atoms with van der Waals surface area (Å²) in [6.45, 7) is 5.09. The molecule has 0 N–H and O–H groups in total. The molecular formula is C16H16ClIO2S. The van der Waals surface area contributed by atoms with E-state index in [0.29, 0.717) is 10.6 Å². The van der Waals surface area contributed by atoms with Crippen molar-refractivity contribution in [3.63, 3.8) is 0 Å². The van der Waals surface area contributed by atoms with Crippen LogP contribution < -0.4 is 0 Å². The van der Waals surface area contributed by atoms with E-state index in [0.717, 1.165) is 9.13 Å². The summed E-state index contributed by atoms with van der Waals surface area (Å²) in [5.74, 6) is 0. The fourth-order valence-corrected chi connectivity index (χ4v) is 4.38. The number of halogens is 2. The molecule has 0 aromatic heterocycles. The summed E-state index contributed by atoms with van der Waals surface area (Å²) in [6.07, 6.45) is 0. The van der Waals surface area contributed by atoms with Crippen LogP contribution in [0.5, 0.6) is 0 Å². The maximum Gasteiger partial charge on any atom is 0.183 e.